The third kappa shape index (κ3) is 4.64. The molecule has 0 fully saturated rings. The lowest BCUT2D eigenvalue weighted by Crippen LogP contribution is -2.37. The molecule has 198 valence electrons. The molecule has 2 aromatic carbocycles. The monoisotopic (exact) mass is 525 g/mol. The highest BCUT2D eigenvalue weighted by atomic mass is 19.3. The Morgan fingerprint density at radius 3 is 2.76 bits per heavy atom. The second kappa shape index (κ2) is 9.31. The molecule has 2 amide bonds. The molecule has 38 heavy (non-hydrogen) atoms. The summed E-state index contributed by atoms with van der Waals surface area (Å²) in [5.74, 6) is 5.30. The number of aromatic nitrogens is 2. The molecule has 0 spiro atoms. The van der Waals surface area contributed by atoms with Crippen molar-refractivity contribution in [2.24, 2.45) is 0 Å². The molecule has 0 radical (unpaired) electrons. The van der Waals surface area contributed by atoms with Gasteiger partial charge in [0.05, 0.1) is 29.2 Å². The largest absolute Gasteiger partial charge is 0.444 e. The third-order valence-corrected chi connectivity index (χ3v) is 6.32. The number of benzene rings is 2. The van der Waals surface area contributed by atoms with Gasteiger partial charge in [0, 0.05) is 34.2 Å². The molecule has 5 rings (SSSR count). The van der Waals surface area contributed by atoms with Gasteiger partial charge in [-0.2, -0.15) is 8.78 Å². The molecule has 0 aliphatic carbocycles. The van der Waals surface area contributed by atoms with Crippen molar-refractivity contribution < 1.29 is 32.0 Å². The first-order valence-corrected chi connectivity index (χ1v) is 12.1. The number of hydrogen-bond acceptors (Lipinski definition) is 5. The summed E-state index contributed by atoms with van der Waals surface area (Å²) in [6, 6.07) is 7.20. The maximum Gasteiger partial charge on any atom is 0.408 e. The van der Waals surface area contributed by atoms with Gasteiger partial charge in [0.25, 0.3) is 5.91 Å². The van der Waals surface area contributed by atoms with Gasteiger partial charge < -0.3 is 24.3 Å². The number of alkyl carbamates (subject to hydrolysis) is 1. The number of alkyl halides is 2. The normalized spacial score (nSPS) is 20.3. The molecule has 10 heteroatoms. The van der Waals surface area contributed by atoms with E-state index in [-0.39, 0.29) is 23.3 Å². The van der Waals surface area contributed by atoms with Gasteiger partial charge in [-0.05, 0) is 58.0 Å². The minimum Gasteiger partial charge on any atom is -0.444 e. The predicted molar refractivity (Wildman–Crippen MR) is 136 cm³/mol. The van der Waals surface area contributed by atoms with Crippen LogP contribution in [-0.2, 0) is 4.74 Å². The van der Waals surface area contributed by atoms with Crippen molar-refractivity contribution in [2.75, 3.05) is 6.98 Å². The number of imidazole rings is 1. The molecule has 0 saturated carbocycles. The summed E-state index contributed by atoms with van der Waals surface area (Å²) in [5.41, 5.74) is 1.20. The topological polar surface area (TPSA) is 85.7 Å². The quantitative estimate of drug-likeness (QED) is 0.486. The first-order valence-electron chi connectivity index (χ1n) is 13.6. The zero-order valence-corrected chi connectivity index (χ0v) is 21.2. The molecule has 1 aromatic heterocycles. The van der Waals surface area contributed by atoms with Crippen LogP contribution in [0, 0.1) is 11.8 Å². The minimum absolute atomic E-state index is 0.0164. The lowest BCUT2D eigenvalue weighted by Gasteiger charge is -2.24. The number of fused-ring (bicyclic) bond motifs is 9. The molecule has 3 heterocycles. The van der Waals surface area contributed by atoms with Crippen molar-refractivity contribution in [1.29, 1.82) is 0 Å². The molecule has 2 aliphatic heterocycles. The van der Waals surface area contributed by atoms with Crippen molar-refractivity contribution in [3.8, 4) is 17.6 Å². The SMILES string of the molecule is [2H]C([2H])([2H])N1C(=O)c2cccc(OC(F)F)c2[C@H]2C[C@@H]1c1nc3ccc(C#C[C@H](C)NC(=O)OC(C)(C)C)cc3n12. The molecular weight excluding hydrogens is 494 g/mol. The van der Waals surface area contributed by atoms with E-state index in [1.165, 1.54) is 18.2 Å². The number of halogens is 2. The third-order valence-electron chi connectivity index (χ3n) is 6.32. The molecule has 0 saturated heterocycles. The van der Waals surface area contributed by atoms with Crippen LogP contribution in [0.4, 0.5) is 13.6 Å². The van der Waals surface area contributed by atoms with Crippen molar-refractivity contribution in [1.82, 2.24) is 19.8 Å². The van der Waals surface area contributed by atoms with Gasteiger partial charge in [-0.25, -0.2) is 9.78 Å². The lowest BCUT2D eigenvalue weighted by atomic mass is 9.97. The number of carbonyl (C=O) groups is 2. The Balaban J connectivity index is 1.59. The first-order chi connectivity index (χ1) is 19.1. The summed E-state index contributed by atoms with van der Waals surface area (Å²) in [4.78, 5) is 31.0. The van der Waals surface area contributed by atoms with Crippen molar-refractivity contribution in [3.63, 3.8) is 0 Å². The Morgan fingerprint density at radius 1 is 1.26 bits per heavy atom. The summed E-state index contributed by atoms with van der Waals surface area (Å²) in [7, 11) is 0. The van der Waals surface area contributed by atoms with Gasteiger partial charge in [-0.1, -0.05) is 17.9 Å². The van der Waals surface area contributed by atoms with Crippen LogP contribution in [-0.4, -0.2) is 51.7 Å². The van der Waals surface area contributed by atoms with Crippen LogP contribution in [0.15, 0.2) is 36.4 Å². The number of rotatable bonds is 3. The summed E-state index contributed by atoms with van der Waals surface area (Å²) >= 11 is 0. The average molecular weight is 526 g/mol. The van der Waals surface area contributed by atoms with E-state index >= 15 is 0 Å². The van der Waals surface area contributed by atoms with Crippen molar-refractivity contribution in [2.45, 2.75) is 64.5 Å². The van der Waals surface area contributed by atoms with E-state index in [1.54, 1.807) is 50.5 Å². The Labute approximate surface area is 223 Å². The van der Waals surface area contributed by atoms with E-state index in [1.807, 2.05) is 0 Å². The molecule has 2 aliphatic rings. The highest BCUT2D eigenvalue weighted by Gasteiger charge is 2.45. The number of hydrogen-bond donors (Lipinski definition) is 1. The number of nitrogens with zero attached hydrogens (tertiary/aromatic N) is 3. The molecule has 2 bridgehead atoms. The molecule has 0 unspecified atom stereocenters. The Morgan fingerprint density at radius 2 is 2.05 bits per heavy atom. The van der Waals surface area contributed by atoms with Crippen LogP contribution in [0.5, 0.6) is 5.75 Å². The maximum absolute atomic E-state index is 13.5. The van der Waals surface area contributed by atoms with Gasteiger partial charge in [0.1, 0.15) is 17.2 Å². The zero-order chi connectivity index (χ0) is 29.9. The first kappa shape index (κ1) is 21.9. The van der Waals surface area contributed by atoms with Crippen molar-refractivity contribution >= 4 is 23.0 Å². The number of nitrogens with one attached hydrogen (secondary N) is 1. The van der Waals surface area contributed by atoms with Gasteiger partial charge >= 0.3 is 12.7 Å². The standard InChI is InChI=1S/C28H28F2N4O4/c1-15(31-27(36)38-28(2,3)4)9-10-16-11-12-18-19(13-16)34-20-14-21(24(34)32-18)33(5)25(35)17-7-6-8-22(23(17)20)37-26(29)30/h6-8,11-13,15,20-21,26H,14H2,1-5H3,(H,31,36)/t15-,20+,21+/m0/s1/i5D3. The van der Waals surface area contributed by atoms with E-state index in [0.29, 0.717) is 22.4 Å². The Hall–Kier alpha value is -4.13. The maximum atomic E-state index is 13.5. The fourth-order valence-corrected chi connectivity index (χ4v) is 4.90. The lowest BCUT2D eigenvalue weighted by molar-refractivity contribution is -0.0507. The molecule has 3 aromatic rings. The van der Waals surface area contributed by atoms with E-state index in [9.17, 15) is 18.4 Å². The molecule has 1 N–H and O–H groups in total. The summed E-state index contributed by atoms with van der Waals surface area (Å²) in [5, 5.41) is 2.66. The van der Waals surface area contributed by atoms with Crippen LogP contribution in [0.1, 0.15) is 77.6 Å². The minimum atomic E-state index is -3.15. The van der Waals surface area contributed by atoms with Crippen LogP contribution < -0.4 is 10.1 Å². The van der Waals surface area contributed by atoms with Crippen LogP contribution in [0.25, 0.3) is 11.0 Å². The number of ether oxygens (including phenoxy) is 2. The van der Waals surface area contributed by atoms with Crippen molar-refractivity contribution in [3.05, 3.63) is 58.9 Å². The van der Waals surface area contributed by atoms with Gasteiger partial charge in [0.15, 0.2) is 0 Å². The van der Waals surface area contributed by atoms with Crippen LogP contribution >= 0.6 is 0 Å². The van der Waals surface area contributed by atoms with E-state index < -0.39 is 49.3 Å². The van der Waals surface area contributed by atoms with Gasteiger partial charge in [-0.3, -0.25) is 4.79 Å². The van der Waals surface area contributed by atoms with E-state index in [2.05, 4.69) is 22.1 Å². The van der Waals surface area contributed by atoms with E-state index in [0.717, 1.165) is 4.90 Å². The molecular formula is C28H28F2N4O4. The Kier molecular flexibility index (Phi) is 5.37. The summed E-state index contributed by atoms with van der Waals surface area (Å²) in [6.07, 6.45) is -0.480. The molecule has 8 nitrogen and oxygen atoms in total. The number of amides is 2. The highest BCUT2D eigenvalue weighted by molar-refractivity contribution is 5.97. The van der Waals surface area contributed by atoms with Gasteiger partial charge in [0.2, 0.25) is 0 Å². The van der Waals surface area contributed by atoms with Gasteiger partial charge in [-0.15, -0.1) is 0 Å². The zero-order valence-electron chi connectivity index (χ0n) is 24.2. The Bertz CT molecular complexity index is 1600. The average Bonchev–Trinajstić information content (AvgIpc) is 3.33. The van der Waals surface area contributed by atoms with E-state index in [4.69, 9.17) is 13.6 Å². The fourth-order valence-electron chi connectivity index (χ4n) is 4.90. The van der Waals surface area contributed by atoms with Crippen LogP contribution in [0.3, 0.4) is 0 Å². The second-order valence-electron chi connectivity index (χ2n) is 10.2. The smallest absolute Gasteiger partial charge is 0.408 e. The number of carbonyl (C=O) groups excluding carboxylic acids is 2. The second-order valence-corrected chi connectivity index (χ2v) is 10.2. The predicted octanol–water partition coefficient (Wildman–Crippen LogP) is 5.02. The highest BCUT2D eigenvalue weighted by Crippen LogP contribution is 2.49. The summed E-state index contributed by atoms with van der Waals surface area (Å²) in [6.45, 7) is 1.02. The van der Waals surface area contributed by atoms with Crippen LogP contribution in [0.2, 0.25) is 0 Å². The fraction of sp³-hybridized carbons (Fsp3) is 0.393. The molecule has 3 atom stereocenters. The summed E-state index contributed by atoms with van der Waals surface area (Å²) < 4.78 is 62.9.